The Kier molecular flexibility index (Phi) is 14.3. The second kappa shape index (κ2) is 18.1. The second-order valence-electron chi connectivity index (χ2n) is 13.3. The zero-order chi connectivity index (χ0) is 33.8. The molecule has 0 atom stereocenters. The number of benzene rings is 1. The number of methoxy groups -OCH3 is 1. The number of hydrogen-bond acceptors (Lipinski definition) is 7. The number of rotatable bonds is 20. The topological polar surface area (TPSA) is 113 Å². The van der Waals surface area contributed by atoms with E-state index in [1.807, 2.05) is 7.05 Å². The van der Waals surface area contributed by atoms with Crippen LogP contribution in [0.4, 0.5) is 0 Å². The van der Waals surface area contributed by atoms with E-state index in [1.54, 1.807) is 35.3 Å². The first-order valence-corrected chi connectivity index (χ1v) is 19.5. The molecule has 262 valence electrons. The number of hydrogen-bond donors (Lipinski definition) is 1. The fourth-order valence-corrected chi connectivity index (χ4v) is 8.46. The van der Waals surface area contributed by atoms with Crippen LogP contribution in [0.25, 0.3) is 22.4 Å². The van der Waals surface area contributed by atoms with E-state index in [0.717, 1.165) is 31.4 Å². The summed E-state index contributed by atoms with van der Waals surface area (Å²) in [4.78, 5) is 23.8. The Hall–Kier alpha value is -2.76. The SMILES string of the molecule is CCCCCCCCCCCCCCCc1c(S(=O)(=O)N2CCN(C)CC2)ccc(OC)c1-c1nc2c(CCC)nn(C)c2c(=O)[nH]1. The van der Waals surface area contributed by atoms with Gasteiger partial charge in [0.2, 0.25) is 10.0 Å². The van der Waals surface area contributed by atoms with Gasteiger partial charge in [0.1, 0.15) is 17.1 Å². The zero-order valence-electron chi connectivity index (χ0n) is 29.6. The standard InChI is InChI=1S/C36H58N6O4S/c1-6-8-9-10-11-12-13-14-15-16-17-18-19-21-28-31(47(44,45)42-26-24-40(3)25-27-42)23-22-30(46-5)32(28)35-37-33-29(20-7-2)39-41(4)34(33)36(43)38-35/h22-23H,6-21,24-27H2,1-5H3,(H,37,38,43). The van der Waals surface area contributed by atoms with E-state index in [1.165, 1.54) is 64.2 Å². The number of nitrogens with zero attached hydrogens (tertiary/aromatic N) is 5. The minimum Gasteiger partial charge on any atom is -0.496 e. The Labute approximate surface area is 282 Å². The molecule has 0 spiro atoms. The first-order valence-electron chi connectivity index (χ1n) is 18.1. The van der Waals surface area contributed by atoms with Crippen molar-refractivity contribution in [3.63, 3.8) is 0 Å². The second-order valence-corrected chi connectivity index (χ2v) is 15.2. The van der Waals surface area contributed by atoms with Gasteiger partial charge in [-0.05, 0) is 44.0 Å². The maximum Gasteiger partial charge on any atom is 0.277 e. The van der Waals surface area contributed by atoms with Gasteiger partial charge in [-0.25, -0.2) is 13.4 Å². The van der Waals surface area contributed by atoms with E-state index < -0.39 is 10.0 Å². The molecule has 0 unspecified atom stereocenters. The molecule has 0 bridgehead atoms. The molecule has 1 fully saturated rings. The Bertz CT molecular complexity index is 1590. The average Bonchev–Trinajstić information content (AvgIpc) is 3.38. The third-order valence-electron chi connectivity index (χ3n) is 9.55. The molecule has 10 nitrogen and oxygen atoms in total. The summed E-state index contributed by atoms with van der Waals surface area (Å²) in [7, 11) is 1.55. The molecule has 0 saturated carbocycles. The molecule has 4 rings (SSSR count). The predicted molar refractivity (Wildman–Crippen MR) is 191 cm³/mol. The molecular weight excluding hydrogens is 613 g/mol. The van der Waals surface area contributed by atoms with Gasteiger partial charge >= 0.3 is 0 Å². The highest BCUT2D eigenvalue weighted by atomic mass is 32.2. The van der Waals surface area contributed by atoms with Crippen molar-refractivity contribution in [2.45, 2.75) is 121 Å². The number of piperazine rings is 1. The zero-order valence-corrected chi connectivity index (χ0v) is 30.4. The molecule has 0 amide bonds. The van der Waals surface area contributed by atoms with Gasteiger partial charge in [-0.3, -0.25) is 9.48 Å². The molecule has 1 aliphatic rings. The predicted octanol–water partition coefficient (Wildman–Crippen LogP) is 6.85. The number of likely N-dealkylation sites (N-methyl/N-ethyl adjacent to an activating group) is 1. The summed E-state index contributed by atoms with van der Waals surface area (Å²) in [5.74, 6) is 0.820. The van der Waals surface area contributed by atoms with E-state index in [9.17, 15) is 13.2 Å². The van der Waals surface area contributed by atoms with Crippen molar-refractivity contribution in [1.29, 1.82) is 0 Å². The van der Waals surface area contributed by atoms with E-state index in [4.69, 9.17) is 9.72 Å². The van der Waals surface area contributed by atoms with Crippen molar-refractivity contribution in [3.8, 4) is 17.1 Å². The number of aryl methyl sites for hydroxylation is 2. The molecule has 1 N–H and O–H groups in total. The summed E-state index contributed by atoms with van der Waals surface area (Å²) in [5, 5.41) is 4.58. The number of nitrogens with one attached hydrogen (secondary N) is 1. The lowest BCUT2D eigenvalue weighted by atomic mass is 9.98. The minimum atomic E-state index is -3.79. The van der Waals surface area contributed by atoms with Crippen LogP contribution in [0.2, 0.25) is 0 Å². The molecule has 0 radical (unpaired) electrons. The third kappa shape index (κ3) is 9.44. The quantitative estimate of drug-likeness (QED) is 0.131. The Balaban J connectivity index is 1.58. The lowest BCUT2D eigenvalue weighted by molar-refractivity contribution is 0.222. The molecule has 47 heavy (non-hydrogen) atoms. The first-order chi connectivity index (χ1) is 22.7. The molecule has 2 aromatic heterocycles. The summed E-state index contributed by atoms with van der Waals surface area (Å²) < 4.78 is 37.4. The summed E-state index contributed by atoms with van der Waals surface area (Å²) in [5.41, 5.74) is 2.63. The van der Waals surface area contributed by atoms with Gasteiger partial charge in [-0.2, -0.15) is 9.40 Å². The van der Waals surface area contributed by atoms with Gasteiger partial charge in [0.05, 0.1) is 23.3 Å². The molecule has 11 heteroatoms. The lowest BCUT2D eigenvalue weighted by Crippen LogP contribution is -2.47. The number of ether oxygens (including phenoxy) is 1. The fraction of sp³-hybridized carbons (Fsp3) is 0.694. The van der Waals surface area contributed by atoms with Crippen LogP contribution in [0.1, 0.15) is 115 Å². The highest BCUT2D eigenvalue weighted by Gasteiger charge is 2.32. The van der Waals surface area contributed by atoms with E-state index in [2.05, 4.69) is 28.8 Å². The minimum absolute atomic E-state index is 0.277. The Morgan fingerprint density at radius 2 is 1.40 bits per heavy atom. The van der Waals surface area contributed by atoms with Crippen LogP contribution in [0, 0.1) is 0 Å². The smallest absolute Gasteiger partial charge is 0.277 e. The van der Waals surface area contributed by atoms with Crippen molar-refractivity contribution < 1.29 is 13.2 Å². The van der Waals surface area contributed by atoms with Crippen LogP contribution in [0.5, 0.6) is 5.75 Å². The number of fused-ring (bicyclic) bond motifs is 1. The van der Waals surface area contributed by atoms with Crippen molar-refractivity contribution in [2.75, 3.05) is 40.3 Å². The Morgan fingerprint density at radius 3 is 1.98 bits per heavy atom. The van der Waals surface area contributed by atoms with Gasteiger partial charge in [-0.1, -0.05) is 97.3 Å². The highest BCUT2D eigenvalue weighted by molar-refractivity contribution is 7.89. The molecule has 1 aromatic carbocycles. The van der Waals surface area contributed by atoms with Gasteiger partial charge in [0, 0.05) is 33.2 Å². The van der Waals surface area contributed by atoms with Crippen LogP contribution < -0.4 is 10.3 Å². The van der Waals surface area contributed by atoms with Crippen LogP contribution in [0.3, 0.4) is 0 Å². The van der Waals surface area contributed by atoms with Crippen LogP contribution >= 0.6 is 0 Å². The molecule has 0 aliphatic carbocycles. The number of unbranched alkanes of at least 4 members (excludes halogenated alkanes) is 12. The molecule has 1 aliphatic heterocycles. The van der Waals surface area contributed by atoms with Crippen molar-refractivity contribution >= 4 is 21.1 Å². The van der Waals surface area contributed by atoms with Gasteiger partial charge < -0.3 is 14.6 Å². The maximum atomic E-state index is 14.2. The number of aromatic amines is 1. The summed E-state index contributed by atoms with van der Waals surface area (Å²) >= 11 is 0. The number of H-pyrrole nitrogens is 1. The number of aromatic nitrogens is 4. The van der Waals surface area contributed by atoms with E-state index >= 15 is 0 Å². The Morgan fingerprint density at radius 1 is 0.809 bits per heavy atom. The molecule has 3 heterocycles. The third-order valence-corrected chi connectivity index (χ3v) is 11.5. The van der Waals surface area contributed by atoms with Crippen molar-refractivity contribution in [2.24, 2.45) is 7.05 Å². The highest BCUT2D eigenvalue weighted by Crippen LogP contribution is 2.38. The van der Waals surface area contributed by atoms with Crippen LogP contribution in [-0.4, -0.2) is 77.7 Å². The lowest BCUT2D eigenvalue weighted by Gasteiger charge is -2.32. The monoisotopic (exact) mass is 670 g/mol. The average molecular weight is 671 g/mol. The fourth-order valence-electron chi connectivity index (χ4n) is 6.78. The maximum absolute atomic E-state index is 14.2. The first kappa shape index (κ1) is 37.1. The van der Waals surface area contributed by atoms with Gasteiger partial charge in [0.15, 0.2) is 5.52 Å². The van der Waals surface area contributed by atoms with Crippen molar-refractivity contribution in [3.05, 3.63) is 33.7 Å². The molecular formula is C36H58N6O4S. The van der Waals surface area contributed by atoms with E-state index in [-0.39, 0.29) is 10.5 Å². The largest absolute Gasteiger partial charge is 0.496 e. The summed E-state index contributed by atoms with van der Waals surface area (Å²) in [6.07, 6.45) is 18.2. The van der Waals surface area contributed by atoms with Crippen LogP contribution in [-0.2, 0) is 29.9 Å². The normalized spacial score (nSPS) is 14.7. The van der Waals surface area contributed by atoms with Crippen LogP contribution in [0.15, 0.2) is 21.8 Å². The van der Waals surface area contributed by atoms with Gasteiger partial charge in [0.25, 0.3) is 5.56 Å². The van der Waals surface area contributed by atoms with Crippen molar-refractivity contribution in [1.82, 2.24) is 29.0 Å². The van der Waals surface area contributed by atoms with E-state index in [0.29, 0.717) is 72.8 Å². The molecule has 1 saturated heterocycles. The summed E-state index contributed by atoms with van der Waals surface area (Å²) in [6, 6.07) is 3.38. The summed E-state index contributed by atoms with van der Waals surface area (Å²) in [6.45, 7) is 6.57. The molecule has 3 aromatic rings. The van der Waals surface area contributed by atoms with Gasteiger partial charge in [-0.15, -0.1) is 0 Å². The number of sulfonamides is 1.